The first-order chi connectivity index (χ1) is 7.33. The van der Waals surface area contributed by atoms with E-state index in [0.717, 1.165) is 0 Å². The van der Waals surface area contributed by atoms with Crippen molar-refractivity contribution in [2.75, 3.05) is 0 Å². The van der Waals surface area contributed by atoms with Crippen molar-refractivity contribution >= 4 is 8.32 Å². The number of hydrogen-bond donors (Lipinski definition) is 1. The molecule has 5 heteroatoms. The quantitative estimate of drug-likeness (QED) is 0.519. The third-order valence-electron chi connectivity index (χ3n) is 3.33. The zero-order valence-corrected chi connectivity index (χ0v) is 16.9. The predicted molar refractivity (Wildman–Crippen MR) is 75.3 cm³/mol. The van der Waals surface area contributed by atoms with Gasteiger partial charge in [0.25, 0.3) is 0 Å². The van der Waals surface area contributed by atoms with E-state index in [-0.39, 0.29) is 46.5 Å². The molecule has 1 rings (SSSR count). The Morgan fingerprint density at radius 3 is 1.11 bits per heavy atom. The first kappa shape index (κ1) is 28.1. The molecule has 0 heterocycles. The fourth-order valence-electron chi connectivity index (χ4n) is 2.32. The van der Waals surface area contributed by atoms with Gasteiger partial charge in [-0.1, -0.05) is 41.5 Å². The van der Waals surface area contributed by atoms with Crippen LogP contribution in [0.2, 0.25) is 16.6 Å². The molecule has 1 aromatic carbocycles. The van der Waals surface area contributed by atoms with Gasteiger partial charge in [-0.15, -0.1) is 0 Å². The molecule has 1 radical (unpaired) electrons. The Labute approximate surface area is 147 Å². The predicted octanol–water partition coefficient (Wildman–Crippen LogP) is -1.43. The molecule has 0 spiro atoms. The molecule has 111 valence electrons. The van der Waals surface area contributed by atoms with Gasteiger partial charge in [-0.2, -0.15) is 18.2 Å². The molecule has 1 N–H and O–H groups in total. The molecule has 0 unspecified atom stereocenters. The first-order valence-corrected chi connectivity index (χ1v) is 8.40. The number of hydrogen-bond acceptors (Lipinski definition) is 1. The Kier molecular flexibility index (Phi) is 20.4. The van der Waals surface area contributed by atoms with Gasteiger partial charge < -0.3 is 29.6 Å². The Morgan fingerprint density at radius 1 is 0.789 bits per heavy atom. The van der Waals surface area contributed by atoms with E-state index in [1.807, 2.05) is 30.3 Å². The Hall–Kier alpha value is 0.821. The van der Waals surface area contributed by atoms with Crippen LogP contribution >= 0.6 is 0 Å². The van der Waals surface area contributed by atoms with Gasteiger partial charge in [-0.05, 0) is 16.6 Å². The van der Waals surface area contributed by atoms with Gasteiger partial charge in [-0.3, -0.25) is 0 Å². The van der Waals surface area contributed by atoms with Crippen LogP contribution in [-0.2, 0) is 21.7 Å². The van der Waals surface area contributed by atoms with Gasteiger partial charge in [0.2, 0.25) is 0 Å². The Balaban J connectivity index is -0.000000121. The molecule has 0 saturated heterocycles. The fourth-order valence-corrected chi connectivity index (χ4v) is 6.32. The van der Waals surface area contributed by atoms with Crippen LogP contribution in [0.3, 0.4) is 0 Å². The molecule has 1 nitrogen and oxygen atoms in total. The SMILES string of the molecule is CC(C)[Si](O)(C(C)C)C(C)C.[Cl-].[Cl-].[Ti+3].c1cc[cH-]c1. The summed E-state index contributed by atoms with van der Waals surface area (Å²) in [5.41, 5.74) is 1.42. The van der Waals surface area contributed by atoms with Gasteiger partial charge in [-0.25, -0.2) is 12.1 Å². The Morgan fingerprint density at radius 2 is 1.05 bits per heavy atom. The van der Waals surface area contributed by atoms with Crippen molar-refractivity contribution < 1.29 is 51.3 Å². The normalized spacial score (nSPS) is 10.0. The van der Waals surface area contributed by atoms with Crippen molar-refractivity contribution in [2.24, 2.45) is 0 Å². The summed E-state index contributed by atoms with van der Waals surface area (Å²) in [5.74, 6) is 0. The summed E-state index contributed by atoms with van der Waals surface area (Å²) >= 11 is 0. The van der Waals surface area contributed by atoms with Gasteiger partial charge in [0.1, 0.15) is 0 Å². The molecule has 0 amide bonds. The summed E-state index contributed by atoms with van der Waals surface area (Å²) in [6.07, 6.45) is 0. The summed E-state index contributed by atoms with van der Waals surface area (Å²) in [5, 5.41) is 0. The summed E-state index contributed by atoms with van der Waals surface area (Å²) < 4.78 is 0. The maximum Gasteiger partial charge on any atom is 3.00 e. The molecule has 0 saturated carbocycles. The maximum absolute atomic E-state index is 10.4. The molecule has 0 aliphatic heterocycles. The Bertz CT molecular complexity index is 225. The van der Waals surface area contributed by atoms with Crippen molar-refractivity contribution in [1.82, 2.24) is 0 Å². The van der Waals surface area contributed by atoms with E-state index < -0.39 is 8.32 Å². The number of halogens is 2. The minimum Gasteiger partial charge on any atom is -1.00 e. The third kappa shape index (κ3) is 9.38. The van der Waals surface area contributed by atoms with E-state index in [4.69, 9.17) is 0 Å². The molecular weight excluding hydrogens is 331 g/mol. The van der Waals surface area contributed by atoms with Crippen molar-refractivity contribution in [1.29, 1.82) is 0 Å². The van der Waals surface area contributed by atoms with Crippen LogP contribution in [-0.4, -0.2) is 13.1 Å². The molecule has 19 heavy (non-hydrogen) atoms. The zero-order valence-electron chi connectivity index (χ0n) is 12.8. The van der Waals surface area contributed by atoms with Crippen LogP contribution in [0.5, 0.6) is 0 Å². The molecule has 0 bridgehead atoms. The second-order valence-corrected chi connectivity index (χ2v) is 10.6. The molecule has 1 aromatic rings. The fraction of sp³-hybridized carbons (Fsp3) is 0.643. The molecule has 0 aliphatic rings. The van der Waals surface area contributed by atoms with Crippen LogP contribution in [0.25, 0.3) is 0 Å². The summed E-state index contributed by atoms with van der Waals surface area (Å²) in [4.78, 5) is 10.4. The first-order valence-electron chi connectivity index (χ1n) is 6.22. The molecule has 0 aliphatic carbocycles. The average molecular weight is 358 g/mol. The van der Waals surface area contributed by atoms with E-state index in [1.165, 1.54) is 0 Å². The van der Waals surface area contributed by atoms with Crippen molar-refractivity contribution in [3.63, 3.8) is 0 Å². The second kappa shape index (κ2) is 13.8. The zero-order chi connectivity index (χ0) is 12.8. The summed E-state index contributed by atoms with van der Waals surface area (Å²) in [7, 11) is -1.98. The van der Waals surface area contributed by atoms with Crippen LogP contribution < -0.4 is 24.8 Å². The van der Waals surface area contributed by atoms with Crippen LogP contribution in [0, 0.1) is 0 Å². The topological polar surface area (TPSA) is 20.2 Å². The van der Waals surface area contributed by atoms with Crippen LogP contribution in [0.4, 0.5) is 0 Å². The van der Waals surface area contributed by atoms with Gasteiger partial charge in [0, 0.05) is 0 Å². The van der Waals surface area contributed by atoms with E-state index in [1.54, 1.807) is 0 Å². The largest absolute Gasteiger partial charge is 3.00 e. The van der Waals surface area contributed by atoms with E-state index in [2.05, 4.69) is 41.5 Å². The monoisotopic (exact) mass is 357 g/mol. The van der Waals surface area contributed by atoms with Crippen LogP contribution in [0.1, 0.15) is 41.5 Å². The van der Waals surface area contributed by atoms with E-state index in [9.17, 15) is 4.80 Å². The minimum atomic E-state index is -1.98. The summed E-state index contributed by atoms with van der Waals surface area (Å²) in [6, 6.07) is 10.0. The number of rotatable bonds is 3. The van der Waals surface area contributed by atoms with Crippen molar-refractivity contribution in [3.8, 4) is 0 Å². The summed E-state index contributed by atoms with van der Waals surface area (Å²) in [6.45, 7) is 12.9. The van der Waals surface area contributed by atoms with Gasteiger partial charge in [0.15, 0.2) is 8.32 Å². The molecule has 0 atom stereocenters. The van der Waals surface area contributed by atoms with Crippen molar-refractivity contribution in [2.45, 2.75) is 58.2 Å². The van der Waals surface area contributed by atoms with E-state index >= 15 is 0 Å². The minimum absolute atomic E-state index is 0. The molecule has 0 aromatic heterocycles. The standard InChI is InChI=1S/C9H22OSi.C5H5.2ClH.Ti/c1-7(2)11(10,8(3)4)9(5)6;1-2-4-5-3-1;;;/h7-10H,1-6H3;1-5H;2*1H;/q;-1;;;+3/p-2. The third-order valence-corrected chi connectivity index (χ3v) is 8.88. The smallest absolute Gasteiger partial charge is 1.00 e. The van der Waals surface area contributed by atoms with Crippen LogP contribution in [0.15, 0.2) is 30.3 Å². The second-order valence-electron chi connectivity index (χ2n) is 5.31. The van der Waals surface area contributed by atoms with Gasteiger partial charge in [0.05, 0.1) is 0 Å². The molecule has 0 fully saturated rings. The van der Waals surface area contributed by atoms with E-state index in [0.29, 0.717) is 16.6 Å². The average Bonchev–Trinajstić information content (AvgIpc) is 2.73. The molecular formula is C14H27Cl2OSiTi. The van der Waals surface area contributed by atoms with Crippen molar-refractivity contribution in [3.05, 3.63) is 30.3 Å². The maximum atomic E-state index is 10.4. The van der Waals surface area contributed by atoms with Gasteiger partial charge >= 0.3 is 21.7 Å².